The van der Waals surface area contributed by atoms with Crippen molar-refractivity contribution in [2.45, 2.75) is 44.9 Å². The number of methoxy groups -OCH3 is 1. The fraction of sp³-hybridized carbons (Fsp3) is 0.407. The van der Waals surface area contributed by atoms with Crippen LogP contribution in [0.3, 0.4) is 0 Å². The van der Waals surface area contributed by atoms with Crippen LogP contribution in [0, 0.1) is 11.3 Å². The number of benzene rings is 2. The average Bonchev–Trinajstić information content (AvgIpc) is 2.86. The van der Waals surface area contributed by atoms with E-state index in [1.165, 1.54) is 16.7 Å². The number of nitriles is 1. The number of nitrogens with zero attached hydrogens (tertiary/aromatic N) is 2. The summed E-state index contributed by atoms with van der Waals surface area (Å²) < 4.78 is 10.5. The minimum atomic E-state index is -1.12. The highest BCUT2D eigenvalue weighted by Crippen LogP contribution is 2.25. The molecule has 0 radical (unpaired) electrons. The molecular formula is C27H34N4O5S. The summed E-state index contributed by atoms with van der Waals surface area (Å²) in [6, 6.07) is 15.4. The summed E-state index contributed by atoms with van der Waals surface area (Å²) in [7, 11) is 1.54. The highest BCUT2D eigenvalue weighted by molar-refractivity contribution is 7.98. The molecule has 2 aromatic rings. The minimum Gasteiger partial charge on any atom is -0.497 e. The second kappa shape index (κ2) is 14.1. The van der Waals surface area contributed by atoms with Crippen molar-refractivity contribution < 1.29 is 23.9 Å². The van der Waals surface area contributed by atoms with Crippen LogP contribution in [-0.4, -0.2) is 60.1 Å². The summed E-state index contributed by atoms with van der Waals surface area (Å²) in [5.74, 6) is 0.144. The number of rotatable bonds is 11. The van der Waals surface area contributed by atoms with E-state index in [9.17, 15) is 19.6 Å². The highest BCUT2D eigenvalue weighted by Gasteiger charge is 2.36. The fourth-order valence-electron chi connectivity index (χ4n) is 3.51. The van der Waals surface area contributed by atoms with Crippen LogP contribution in [-0.2, 0) is 14.3 Å². The van der Waals surface area contributed by atoms with E-state index in [0.717, 1.165) is 0 Å². The Morgan fingerprint density at radius 3 is 2.27 bits per heavy atom. The predicted molar refractivity (Wildman–Crippen MR) is 144 cm³/mol. The molecule has 2 N–H and O–H groups in total. The maximum Gasteiger partial charge on any atom is 0.408 e. The first kappa shape index (κ1) is 29.5. The van der Waals surface area contributed by atoms with E-state index in [4.69, 9.17) is 9.47 Å². The fourth-order valence-corrected chi connectivity index (χ4v) is 3.98. The number of ether oxygens (including phenoxy) is 2. The van der Waals surface area contributed by atoms with E-state index >= 15 is 0 Å². The number of hydrogen-bond acceptors (Lipinski definition) is 7. The number of hydrogen-bond donors (Lipinski definition) is 2. The third-order valence-electron chi connectivity index (χ3n) is 5.16. The summed E-state index contributed by atoms with van der Waals surface area (Å²) in [5.41, 5.74) is 0.272. The largest absolute Gasteiger partial charge is 0.497 e. The molecule has 0 spiro atoms. The number of carbonyl (C=O) groups excluding carboxylic acids is 3. The van der Waals surface area contributed by atoms with Gasteiger partial charge in [-0.15, -0.1) is 0 Å². The molecule has 2 atom stereocenters. The zero-order valence-electron chi connectivity index (χ0n) is 21.8. The number of alkyl carbamates (subject to hydrolysis) is 1. The van der Waals surface area contributed by atoms with Crippen LogP contribution >= 0.6 is 11.8 Å². The van der Waals surface area contributed by atoms with Crippen molar-refractivity contribution in [3.8, 4) is 11.8 Å². The first-order chi connectivity index (χ1) is 17.6. The van der Waals surface area contributed by atoms with Crippen LogP contribution in [0.15, 0.2) is 54.6 Å². The van der Waals surface area contributed by atoms with Gasteiger partial charge in [-0.25, -0.2) is 4.79 Å². The molecule has 0 aromatic heterocycles. The topological polar surface area (TPSA) is 121 Å². The Morgan fingerprint density at radius 2 is 1.73 bits per heavy atom. The average molecular weight is 527 g/mol. The van der Waals surface area contributed by atoms with E-state index in [0.29, 0.717) is 29.2 Å². The van der Waals surface area contributed by atoms with Gasteiger partial charge >= 0.3 is 6.09 Å². The monoisotopic (exact) mass is 526 g/mol. The molecule has 2 unspecified atom stereocenters. The van der Waals surface area contributed by atoms with Crippen LogP contribution in [0.5, 0.6) is 5.75 Å². The van der Waals surface area contributed by atoms with Gasteiger partial charge in [0.15, 0.2) is 0 Å². The quantitative estimate of drug-likeness (QED) is 0.417. The van der Waals surface area contributed by atoms with Crippen LogP contribution in [0.4, 0.5) is 10.5 Å². The third kappa shape index (κ3) is 9.35. The molecule has 198 valence electrons. The molecule has 2 aromatic carbocycles. The molecule has 0 aliphatic rings. The predicted octanol–water partition coefficient (Wildman–Crippen LogP) is 4.37. The Bertz CT molecular complexity index is 1080. The lowest BCUT2D eigenvalue weighted by Crippen LogP contribution is -2.52. The lowest BCUT2D eigenvalue weighted by Gasteiger charge is -2.33. The molecule has 37 heavy (non-hydrogen) atoms. The van der Waals surface area contributed by atoms with Crippen LogP contribution in [0.2, 0.25) is 0 Å². The Hall–Kier alpha value is -3.71. The van der Waals surface area contributed by atoms with Gasteiger partial charge in [0.25, 0.3) is 5.91 Å². The first-order valence-corrected chi connectivity index (χ1v) is 13.1. The van der Waals surface area contributed by atoms with E-state index < -0.39 is 35.6 Å². The van der Waals surface area contributed by atoms with E-state index in [1.54, 1.807) is 82.5 Å². The molecule has 10 heteroatoms. The molecular weight excluding hydrogens is 492 g/mol. The molecule has 0 aliphatic carbocycles. The summed E-state index contributed by atoms with van der Waals surface area (Å²) in [6.07, 6.45) is 1.43. The SMILES string of the molecule is COc1ccc(NC(=O)C(c2ccccc2)N(CC#N)C(=O)C(CCSC)NC(=O)OC(C)(C)C)cc1. The number of nitrogens with one attached hydrogen (secondary N) is 2. The summed E-state index contributed by atoms with van der Waals surface area (Å²) in [5, 5.41) is 15.1. The van der Waals surface area contributed by atoms with E-state index in [-0.39, 0.29) is 6.54 Å². The molecule has 0 saturated carbocycles. The highest BCUT2D eigenvalue weighted by atomic mass is 32.2. The van der Waals surface area contributed by atoms with Crippen LogP contribution < -0.4 is 15.4 Å². The third-order valence-corrected chi connectivity index (χ3v) is 5.80. The standard InChI is InChI=1S/C27H34N4O5S/c1-27(2,3)36-26(34)30-22(15-18-37-5)25(33)31(17-16-28)23(19-9-7-6-8-10-19)24(32)29-20-11-13-21(35-4)14-12-20/h6-14,22-23H,15,17-18H2,1-5H3,(H,29,32)(H,30,34). The molecule has 0 saturated heterocycles. The second-order valence-corrected chi connectivity index (χ2v) is 10.1. The van der Waals surface area contributed by atoms with Crippen molar-refractivity contribution in [1.29, 1.82) is 5.26 Å². The maximum atomic E-state index is 13.8. The van der Waals surface area contributed by atoms with Gasteiger partial charge in [0.05, 0.1) is 13.2 Å². The molecule has 2 rings (SSSR count). The Morgan fingerprint density at radius 1 is 1.08 bits per heavy atom. The normalized spacial score (nSPS) is 12.4. The van der Waals surface area contributed by atoms with Crippen molar-refractivity contribution in [3.05, 3.63) is 60.2 Å². The van der Waals surface area contributed by atoms with E-state index in [2.05, 4.69) is 10.6 Å². The zero-order chi connectivity index (χ0) is 27.4. The molecule has 9 nitrogen and oxygen atoms in total. The van der Waals surface area contributed by atoms with Gasteiger partial charge in [-0.1, -0.05) is 30.3 Å². The van der Waals surface area contributed by atoms with E-state index in [1.807, 2.05) is 12.3 Å². The van der Waals surface area contributed by atoms with Crippen LogP contribution in [0.1, 0.15) is 38.8 Å². The summed E-state index contributed by atoms with van der Waals surface area (Å²) >= 11 is 1.51. The van der Waals surface area contributed by atoms with Crippen molar-refractivity contribution >= 4 is 35.4 Å². The van der Waals surface area contributed by atoms with Crippen molar-refractivity contribution in [2.75, 3.05) is 31.0 Å². The number of amides is 3. The summed E-state index contributed by atoms with van der Waals surface area (Å²) in [6.45, 7) is 4.81. The van der Waals surface area contributed by atoms with Crippen molar-refractivity contribution in [1.82, 2.24) is 10.2 Å². The second-order valence-electron chi connectivity index (χ2n) is 9.14. The van der Waals surface area contributed by atoms with Gasteiger partial charge in [-0.05, 0) is 69.0 Å². The lowest BCUT2D eigenvalue weighted by molar-refractivity contribution is -0.140. The van der Waals surface area contributed by atoms with Gasteiger partial charge in [-0.2, -0.15) is 17.0 Å². The molecule has 3 amide bonds. The van der Waals surface area contributed by atoms with Gasteiger partial charge in [-0.3, -0.25) is 9.59 Å². The van der Waals surface area contributed by atoms with Crippen molar-refractivity contribution in [2.24, 2.45) is 0 Å². The zero-order valence-corrected chi connectivity index (χ0v) is 22.6. The molecule has 0 aliphatic heterocycles. The van der Waals surface area contributed by atoms with Gasteiger partial charge < -0.3 is 25.0 Å². The Labute approximate surface area is 222 Å². The molecule has 0 fully saturated rings. The van der Waals surface area contributed by atoms with Gasteiger partial charge in [0, 0.05) is 5.69 Å². The van der Waals surface area contributed by atoms with Gasteiger partial charge in [0.2, 0.25) is 5.91 Å². The smallest absolute Gasteiger partial charge is 0.408 e. The maximum absolute atomic E-state index is 13.8. The first-order valence-electron chi connectivity index (χ1n) is 11.8. The molecule has 0 bridgehead atoms. The Balaban J connectivity index is 2.42. The number of thioether (sulfide) groups is 1. The lowest BCUT2D eigenvalue weighted by atomic mass is 10.0. The van der Waals surface area contributed by atoms with Crippen molar-refractivity contribution in [3.63, 3.8) is 0 Å². The van der Waals surface area contributed by atoms with Crippen LogP contribution in [0.25, 0.3) is 0 Å². The molecule has 0 heterocycles. The number of carbonyl (C=O) groups is 3. The minimum absolute atomic E-state index is 0.294. The Kier molecular flexibility index (Phi) is 11.3. The summed E-state index contributed by atoms with van der Waals surface area (Å²) in [4.78, 5) is 41.1. The number of anilines is 1. The van der Waals surface area contributed by atoms with Gasteiger partial charge in [0.1, 0.15) is 30.0 Å².